The van der Waals surface area contributed by atoms with E-state index in [4.69, 9.17) is 14.8 Å². The number of thiazole rings is 1. The number of ether oxygens (including phenoxy) is 1. The van der Waals surface area contributed by atoms with Crippen LogP contribution in [0.25, 0.3) is 21.0 Å². The monoisotopic (exact) mass is 553 g/mol. The number of carbonyl (C=O) groups excluding carboxylic acids is 1. The number of benzene rings is 4. The van der Waals surface area contributed by atoms with E-state index in [0.717, 1.165) is 21.5 Å². The minimum atomic E-state index is -0.388. The van der Waals surface area contributed by atoms with Crippen molar-refractivity contribution in [2.75, 3.05) is 22.2 Å². The van der Waals surface area contributed by atoms with Crippen LogP contribution in [0.4, 0.5) is 22.2 Å². The minimum Gasteiger partial charge on any atom is -0.494 e. The number of hydrogen-bond donors (Lipinski definition) is 2. The Morgan fingerprint density at radius 3 is 2.58 bits per heavy atom. The quantitative estimate of drug-likeness (QED) is 0.191. The molecule has 0 radical (unpaired) electrons. The van der Waals surface area contributed by atoms with Gasteiger partial charge in [0.25, 0.3) is 5.69 Å². The SMILES string of the molecule is CCOc1ccc2nc(N3NC(c4ccc(NC(C)=O)cc4)=NN3c3ccc([N+](=O)[O-])c4ccccc34)sc2c1. The zero-order valence-corrected chi connectivity index (χ0v) is 22.3. The van der Waals surface area contributed by atoms with Gasteiger partial charge in [-0.3, -0.25) is 20.3 Å². The van der Waals surface area contributed by atoms with Gasteiger partial charge in [0.1, 0.15) is 5.75 Å². The topological polar surface area (TPSA) is 125 Å². The number of carbonyl (C=O) groups is 1. The second-order valence-corrected chi connectivity index (χ2v) is 9.89. The molecule has 1 aliphatic heterocycles. The van der Waals surface area contributed by atoms with E-state index in [0.29, 0.717) is 39.7 Å². The first-order valence-electron chi connectivity index (χ1n) is 12.4. The number of hydrazone groups is 1. The van der Waals surface area contributed by atoms with Crippen LogP contribution >= 0.6 is 11.3 Å². The van der Waals surface area contributed by atoms with Crippen LogP contribution in [0, 0.1) is 10.1 Å². The first-order valence-corrected chi connectivity index (χ1v) is 13.3. The molecule has 1 aromatic heterocycles. The largest absolute Gasteiger partial charge is 0.494 e. The van der Waals surface area contributed by atoms with Gasteiger partial charge in [0.05, 0.1) is 32.8 Å². The summed E-state index contributed by atoms with van der Waals surface area (Å²) in [6.45, 7) is 3.95. The number of amidine groups is 1. The van der Waals surface area contributed by atoms with E-state index >= 15 is 0 Å². The molecule has 1 aliphatic rings. The normalized spacial score (nSPS) is 12.9. The van der Waals surface area contributed by atoms with Crippen molar-refractivity contribution in [3.8, 4) is 5.75 Å². The van der Waals surface area contributed by atoms with E-state index in [2.05, 4.69) is 10.7 Å². The molecule has 200 valence electrons. The van der Waals surface area contributed by atoms with Gasteiger partial charge >= 0.3 is 0 Å². The van der Waals surface area contributed by atoms with Crippen LogP contribution in [-0.4, -0.2) is 28.3 Å². The van der Waals surface area contributed by atoms with E-state index in [1.165, 1.54) is 24.3 Å². The molecule has 40 heavy (non-hydrogen) atoms. The maximum Gasteiger partial charge on any atom is 0.277 e. The number of hydrogen-bond acceptors (Lipinski definition) is 10. The highest BCUT2D eigenvalue weighted by molar-refractivity contribution is 7.22. The van der Waals surface area contributed by atoms with Gasteiger partial charge in [-0.25, -0.2) is 4.98 Å². The van der Waals surface area contributed by atoms with Gasteiger partial charge in [0, 0.05) is 29.6 Å². The molecule has 4 aromatic carbocycles. The number of aromatic nitrogens is 1. The Kier molecular flexibility index (Phi) is 6.36. The van der Waals surface area contributed by atoms with Crippen molar-refractivity contribution < 1.29 is 14.5 Å². The summed E-state index contributed by atoms with van der Waals surface area (Å²) < 4.78 is 6.60. The summed E-state index contributed by atoms with van der Waals surface area (Å²) >= 11 is 1.45. The lowest BCUT2D eigenvalue weighted by molar-refractivity contribution is -0.383. The zero-order valence-electron chi connectivity index (χ0n) is 21.5. The Balaban J connectivity index is 1.46. The summed E-state index contributed by atoms with van der Waals surface area (Å²) in [6, 6.07) is 23.3. The predicted octanol–water partition coefficient (Wildman–Crippen LogP) is 5.82. The molecule has 6 rings (SSSR count). The van der Waals surface area contributed by atoms with Crippen LogP contribution in [0.3, 0.4) is 0 Å². The minimum absolute atomic E-state index is 0.0132. The smallest absolute Gasteiger partial charge is 0.277 e. The second-order valence-electron chi connectivity index (χ2n) is 8.89. The number of fused-ring (bicyclic) bond motifs is 2. The molecule has 2 heterocycles. The molecule has 11 nitrogen and oxygen atoms in total. The predicted molar refractivity (Wildman–Crippen MR) is 157 cm³/mol. The molecular formula is C28H23N7O4S. The molecule has 0 saturated heterocycles. The Morgan fingerprint density at radius 1 is 1.07 bits per heavy atom. The molecular weight excluding hydrogens is 530 g/mol. The second kappa shape index (κ2) is 10.2. The van der Waals surface area contributed by atoms with Crippen molar-refractivity contribution in [1.29, 1.82) is 0 Å². The number of nitro groups is 1. The third-order valence-corrected chi connectivity index (χ3v) is 7.20. The lowest BCUT2D eigenvalue weighted by Crippen LogP contribution is -2.44. The number of anilines is 3. The van der Waals surface area contributed by atoms with E-state index < -0.39 is 0 Å². The Hall–Kier alpha value is -5.23. The maximum absolute atomic E-state index is 11.7. The van der Waals surface area contributed by atoms with Crippen molar-refractivity contribution in [2.45, 2.75) is 13.8 Å². The van der Waals surface area contributed by atoms with Crippen molar-refractivity contribution in [1.82, 2.24) is 10.4 Å². The number of nitrogens with one attached hydrogen (secondary N) is 2. The Morgan fingerprint density at radius 2 is 1.85 bits per heavy atom. The molecule has 2 N–H and O–H groups in total. The summed E-state index contributed by atoms with van der Waals surface area (Å²) in [5.41, 5.74) is 6.22. The van der Waals surface area contributed by atoms with E-state index in [-0.39, 0.29) is 16.5 Å². The molecule has 0 unspecified atom stereocenters. The number of nitro benzene ring substituents is 1. The van der Waals surface area contributed by atoms with E-state index in [9.17, 15) is 14.9 Å². The van der Waals surface area contributed by atoms with Crippen LogP contribution in [0.5, 0.6) is 5.75 Å². The number of hydrazine groups is 2. The van der Waals surface area contributed by atoms with Crippen LogP contribution < -0.4 is 25.7 Å². The van der Waals surface area contributed by atoms with Crippen LogP contribution in [0.15, 0.2) is 84.0 Å². The highest BCUT2D eigenvalue weighted by Crippen LogP contribution is 2.38. The molecule has 0 saturated carbocycles. The van der Waals surface area contributed by atoms with Gasteiger partial charge in [-0.2, -0.15) is 0 Å². The van der Waals surface area contributed by atoms with Crippen LogP contribution in [-0.2, 0) is 4.79 Å². The van der Waals surface area contributed by atoms with E-state index in [1.54, 1.807) is 40.6 Å². The van der Waals surface area contributed by atoms with Crippen molar-refractivity contribution in [2.24, 2.45) is 5.10 Å². The zero-order chi connectivity index (χ0) is 27.8. The highest BCUT2D eigenvalue weighted by atomic mass is 32.1. The average Bonchev–Trinajstić information content (AvgIpc) is 3.57. The van der Waals surface area contributed by atoms with Gasteiger partial charge in [-0.1, -0.05) is 29.5 Å². The summed E-state index contributed by atoms with van der Waals surface area (Å²) in [6.07, 6.45) is 0. The van der Waals surface area contributed by atoms with Crippen molar-refractivity contribution >= 4 is 66.3 Å². The molecule has 0 aliphatic carbocycles. The molecule has 0 bridgehead atoms. The average molecular weight is 554 g/mol. The number of non-ortho nitro benzene ring substituents is 1. The number of nitrogens with zero attached hydrogens (tertiary/aromatic N) is 5. The highest BCUT2D eigenvalue weighted by Gasteiger charge is 2.31. The lowest BCUT2D eigenvalue weighted by atomic mass is 10.1. The van der Waals surface area contributed by atoms with Gasteiger partial charge in [-0.05, 0) is 61.5 Å². The third-order valence-electron chi connectivity index (χ3n) is 6.21. The van der Waals surface area contributed by atoms with Gasteiger partial charge in [0.15, 0.2) is 5.84 Å². The first-order chi connectivity index (χ1) is 19.4. The Labute approximate surface area is 232 Å². The van der Waals surface area contributed by atoms with Gasteiger partial charge in [0.2, 0.25) is 11.0 Å². The van der Waals surface area contributed by atoms with E-state index in [1.807, 2.05) is 49.4 Å². The maximum atomic E-state index is 11.7. The molecule has 0 spiro atoms. The lowest BCUT2D eigenvalue weighted by Gasteiger charge is -2.26. The summed E-state index contributed by atoms with van der Waals surface area (Å²) in [5, 5.41) is 24.5. The fourth-order valence-corrected chi connectivity index (χ4v) is 5.42. The number of amides is 1. The van der Waals surface area contributed by atoms with Gasteiger partial charge < -0.3 is 10.1 Å². The molecule has 0 atom stereocenters. The number of rotatable bonds is 7. The van der Waals surface area contributed by atoms with Crippen molar-refractivity contribution in [3.05, 3.63) is 94.5 Å². The standard InChI is InChI=1S/C28H23N7O4S/c1-3-39-20-12-13-23-26(16-20)40-28(30-23)34-32-27(18-8-10-19(11-9-18)29-17(2)36)31-33(34)24-14-15-25(35(37)38)22-7-5-4-6-21(22)24/h4-16H,3H2,1-2H3,(H,29,36)(H,31,32). The molecule has 1 amide bonds. The summed E-state index contributed by atoms with van der Waals surface area (Å²) in [4.78, 5) is 27.6. The van der Waals surface area contributed by atoms with Crippen molar-refractivity contribution in [3.63, 3.8) is 0 Å². The molecule has 0 fully saturated rings. The molecule has 5 aromatic rings. The van der Waals surface area contributed by atoms with Crippen LogP contribution in [0.1, 0.15) is 19.4 Å². The fourth-order valence-electron chi connectivity index (χ4n) is 4.48. The van der Waals surface area contributed by atoms with Crippen LogP contribution in [0.2, 0.25) is 0 Å². The van der Waals surface area contributed by atoms with Gasteiger partial charge in [-0.15, -0.1) is 15.3 Å². The molecule has 12 heteroatoms. The Bertz CT molecular complexity index is 1800. The summed E-state index contributed by atoms with van der Waals surface area (Å²) in [5.74, 6) is 1.13. The first kappa shape index (κ1) is 25.1. The fraction of sp³-hybridized carbons (Fsp3) is 0.107. The third kappa shape index (κ3) is 4.60. The summed E-state index contributed by atoms with van der Waals surface area (Å²) in [7, 11) is 0.